The van der Waals surface area contributed by atoms with Crippen LogP contribution >= 0.6 is 23.2 Å². The van der Waals surface area contributed by atoms with Gasteiger partial charge in [-0.1, -0.05) is 23.2 Å². The zero-order chi connectivity index (χ0) is 13.8. The minimum absolute atomic E-state index is 0.261. The Hall–Kier alpha value is -1.78. The molecule has 2 rings (SSSR count). The molecule has 4 nitrogen and oxygen atoms in total. The highest BCUT2D eigenvalue weighted by molar-refractivity contribution is 6.34. The Labute approximate surface area is 120 Å². The summed E-state index contributed by atoms with van der Waals surface area (Å²) in [5, 5.41) is 10.2. The van der Waals surface area contributed by atoms with E-state index in [2.05, 4.69) is 15.5 Å². The van der Waals surface area contributed by atoms with Gasteiger partial charge in [0.25, 0.3) is 0 Å². The number of carbonyl (C=O) groups is 1. The number of carbonyl (C=O) groups excluding carboxylic acids is 1. The van der Waals surface area contributed by atoms with Gasteiger partial charge >= 0.3 is 0 Å². The number of benzene rings is 1. The molecule has 98 valence electrons. The average molecular weight is 296 g/mol. The normalized spacial score (nSPS) is 10.9. The average Bonchev–Trinajstić information content (AvgIpc) is 2.71. The number of aromatic amines is 1. The minimum Gasteiger partial charge on any atom is -0.307 e. The van der Waals surface area contributed by atoms with E-state index < -0.39 is 0 Å². The van der Waals surface area contributed by atoms with Crippen LogP contribution in [0.3, 0.4) is 0 Å². The van der Waals surface area contributed by atoms with Crippen molar-refractivity contribution >= 4 is 41.0 Å². The van der Waals surface area contributed by atoms with Crippen molar-refractivity contribution in [2.24, 2.45) is 0 Å². The van der Waals surface area contributed by atoms with Crippen LogP contribution < -0.4 is 5.32 Å². The highest BCUT2D eigenvalue weighted by Crippen LogP contribution is 2.19. The summed E-state index contributed by atoms with van der Waals surface area (Å²) >= 11 is 11.7. The molecule has 0 saturated carbocycles. The molecule has 0 unspecified atom stereocenters. The first-order valence-corrected chi connectivity index (χ1v) is 6.25. The molecule has 0 aliphatic rings. The molecule has 0 aliphatic heterocycles. The molecule has 2 N–H and O–H groups in total. The summed E-state index contributed by atoms with van der Waals surface area (Å²) in [7, 11) is 0. The minimum atomic E-state index is -0.261. The summed E-state index contributed by atoms with van der Waals surface area (Å²) in [6.07, 6.45) is 4.68. The summed E-state index contributed by atoms with van der Waals surface area (Å²) in [5.74, 6) is 0.322. The van der Waals surface area contributed by atoms with Crippen LogP contribution in [0.1, 0.15) is 11.1 Å². The topological polar surface area (TPSA) is 57.8 Å². The van der Waals surface area contributed by atoms with E-state index in [9.17, 15) is 4.79 Å². The number of aryl methyl sites for hydroxylation is 1. The van der Waals surface area contributed by atoms with E-state index in [1.165, 1.54) is 6.08 Å². The fourth-order valence-electron chi connectivity index (χ4n) is 1.48. The smallest absolute Gasteiger partial charge is 0.249 e. The first-order chi connectivity index (χ1) is 9.04. The summed E-state index contributed by atoms with van der Waals surface area (Å²) in [6.45, 7) is 1.85. The zero-order valence-corrected chi connectivity index (χ0v) is 11.6. The summed E-state index contributed by atoms with van der Waals surface area (Å²) in [5.41, 5.74) is 1.63. The van der Waals surface area contributed by atoms with Gasteiger partial charge in [0.05, 0.1) is 6.20 Å². The van der Waals surface area contributed by atoms with E-state index in [4.69, 9.17) is 23.2 Å². The number of anilines is 1. The second kappa shape index (κ2) is 5.91. The van der Waals surface area contributed by atoms with Gasteiger partial charge in [0.1, 0.15) is 5.82 Å². The zero-order valence-electron chi connectivity index (χ0n) is 10.1. The lowest BCUT2D eigenvalue weighted by Gasteiger charge is -2.00. The number of halogens is 2. The Balaban J connectivity index is 2.06. The van der Waals surface area contributed by atoms with Crippen molar-refractivity contribution in [2.75, 3.05) is 5.32 Å². The SMILES string of the molecule is Cc1cn[nH]c1NC(=O)/C=C/c1cc(Cl)cc(Cl)c1. The van der Waals surface area contributed by atoms with Crippen LogP contribution in [0, 0.1) is 6.92 Å². The molecule has 0 spiro atoms. The Kier molecular flexibility index (Phi) is 4.24. The van der Waals surface area contributed by atoms with Crippen molar-refractivity contribution in [3.8, 4) is 0 Å². The van der Waals surface area contributed by atoms with Crippen LogP contribution in [0.15, 0.2) is 30.5 Å². The fourth-order valence-corrected chi connectivity index (χ4v) is 2.02. The summed E-state index contributed by atoms with van der Waals surface area (Å²) in [4.78, 5) is 11.7. The van der Waals surface area contributed by atoms with Crippen molar-refractivity contribution in [3.63, 3.8) is 0 Å². The standard InChI is InChI=1S/C13H11Cl2N3O/c1-8-7-16-18-13(8)17-12(19)3-2-9-4-10(14)6-11(15)5-9/h2-7H,1H3,(H2,16,17,18,19)/b3-2+. The molecule has 0 aliphatic carbocycles. The molecule has 0 saturated heterocycles. The maximum atomic E-state index is 11.7. The number of nitrogens with zero attached hydrogens (tertiary/aromatic N) is 1. The van der Waals surface area contributed by atoms with Crippen LogP contribution in [0.4, 0.5) is 5.82 Å². The lowest BCUT2D eigenvalue weighted by molar-refractivity contribution is -0.111. The second-order valence-corrected chi connectivity index (χ2v) is 4.83. The number of hydrogen-bond acceptors (Lipinski definition) is 2. The van der Waals surface area contributed by atoms with E-state index >= 15 is 0 Å². The Morgan fingerprint density at radius 1 is 1.32 bits per heavy atom. The highest BCUT2D eigenvalue weighted by atomic mass is 35.5. The van der Waals surface area contributed by atoms with Crippen molar-refractivity contribution in [1.29, 1.82) is 0 Å². The Bertz CT molecular complexity index is 614. The molecule has 19 heavy (non-hydrogen) atoms. The van der Waals surface area contributed by atoms with Gasteiger partial charge in [-0.15, -0.1) is 0 Å². The van der Waals surface area contributed by atoms with Crippen molar-refractivity contribution < 1.29 is 4.79 Å². The Morgan fingerprint density at radius 2 is 2.00 bits per heavy atom. The van der Waals surface area contributed by atoms with E-state index in [0.717, 1.165) is 11.1 Å². The number of aromatic nitrogens is 2. The quantitative estimate of drug-likeness (QED) is 0.849. The van der Waals surface area contributed by atoms with Gasteiger partial charge in [-0.2, -0.15) is 5.10 Å². The molecule has 0 atom stereocenters. The van der Waals surface area contributed by atoms with Crippen LogP contribution in [-0.4, -0.2) is 16.1 Å². The van der Waals surface area contributed by atoms with Crippen LogP contribution in [0.5, 0.6) is 0 Å². The predicted octanol–water partition coefficient (Wildman–Crippen LogP) is 3.68. The molecule has 2 aromatic rings. The monoisotopic (exact) mass is 295 g/mol. The molecule has 1 amide bonds. The van der Waals surface area contributed by atoms with Crippen molar-refractivity contribution in [3.05, 3.63) is 51.6 Å². The summed E-state index contributed by atoms with van der Waals surface area (Å²) in [6, 6.07) is 5.08. The lowest BCUT2D eigenvalue weighted by atomic mass is 10.2. The van der Waals surface area contributed by atoms with Gasteiger partial charge in [0, 0.05) is 21.7 Å². The largest absolute Gasteiger partial charge is 0.307 e. The first kappa shape index (κ1) is 13.6. The molecular formula is C13H11Cl2N3O. The molecule has 6 heteroatoms. The predicted molar refractivity (Wildman–Crippen MR) is 77.5 cm³/mol. The number of amides is 1. The lowest BCUT2D eigenvalue weighted by Crippen LogP contribution is -2.08. The number of hydrogen-bond donors (Lipinski definition) is 2. The maximum Gasteiger partial charge on any atom is 0.249 e. The van der Waals surface area contributed by atoms with E-state index in [1.807, 2.05) is 6.92 Å². The van der Waals surface area contributed by atoms with Gasteiger partial charge in [0.15, 0.2) is 0 Å². The molecular weight excluding hydrogens is 285 g/mol. The number of nitrogens with one attached hydrogen (secondary N) is 2. The van der Waals surface area contributed by atoms with Crippen LogP contribution in [0.25, 0.3) is 6.08 Å². The van der Waals surface area contributed by atoms with Crippen LogP contribution in [-0.2, 0) is 4.79 Å². The van der Waals surface area contributed by atoms with Gasteiger partial charge in [-0.3, -0.25) is 9.89 Å². The van der Waals surface area contributed by atoms with Crippen molar-refractivity contribution in [2.45, 2.75) is 6.92 Å². The van der Waals surface area contributed by atoms with Gasteiger partial charge < -0.3 is 5.32 Å². The third-order valence-corrected chi connectivity index (χ3v) is 2.83. The highest BCUT2D eigenvalue weighted by Gasteiger charge is 2.03. The van der Waals surface area contributed by atoms with E-state index in [1.54, 1.807) is 30.5 Å². The molecule has 1 aromatic heterocycles. The van der Waals surface area contributed by atoms with Gasteiger partial charge in [-0.25, -0.2) is 0 Å². The van der Waals surface area contributed by atoms with Gasteiger partial charge in [0.2, 0.25) is 5.91 Å². The second-order valence-electron chi connectivity index (χ2n) is 3.95. The molecule has 1 aromatic carbocycles. The van der Waals surface area contributed by atoms with Crippen molar-refractivity contribution in [1.82, 2.24) is 10.2 Å². The molecule has 0 bridgehead atoms. The third-order valence-electron chi connectivity index (χ3n) is 2.39. The molecule has 1 heterocycles. The van der Waals surface area contributed by atoms with Crippen LogP contribution in [0.2, 0.25) is 10.0 Å². The number of rotatable bonds is 3. The maximum absolute atomic E-state index is 11.7. The van der Waals surface area contributed by atoms with E-state index in [0.29, 0.717) is 15.9 Å². The van der Waals surface area contributed by atoms with E-state index in [-0.39, 0.29) is 5.91 Å². The molecule has 0 radical (unpaired) electrons. The first-order valence-electron chi connectivity index (χ1n) is 5.50. The summed E-state index contributed by atoms with van der Waals surface area (Å²) < 4.78 is 0. The van der Waals surface area contributed by atoms with Gasteiger partial charge in [-0.05, 0) is 36.8 Å². The Morgan fingerprint density at radius 3 is 2.58 bits per heavy atom. The third kappa shape index (κ3) is 3.84. The fraction of sp³-hybridized carbons (Fsp3) is 0.0769. The molecule has 0 fully saturated rings. The number of H-pyrrole nitrogens is 1.